The van der Waals surface area contributed by atoms with Gasteiger partial charge in [-0.3, -0.25) is 34.4 Å². The zero-order chi connectivity index (χ0) is 48.5. The average Bonchev–Trinajstić information content (AvgIpc) is 4.01. The number of H-pyrrole nitrogens is 2. The molecule has 4 heterocycles. The maximum Gasteiger partial charge on any atom is 0.416 e. The van der Waals surface area contributed by atoms with Crippen LogP contribution in [0.15, 0.2) is 89.7 Å². The van der Waals surface area contributed by atoms with Crippen molar-refractivity contribution in [1.82, 2.24) is 35.3 Å². The normalized spacial score (nSPS) is 14.9. The summed E-state index contributed by atoms with van der Waals surface area (Å²) in [5.74, 6) is -0.235. The standard InChI is InChI=1S/C48H47ClF3N7O10/c49-33-8-14-38-39(26-33)55-47(54-38)59-46(64)37(43(57-59)30-4-6-32(7-5-30)48(50,51)52)12-3-29-1-9-34(10-2-29)68-24-23-67-22-21-66-20-19-65-18-17-53-42(61)28-69-35-11-13-36-31(25-35)27-58(45(36)63)40-15-16-41(60)56-44(40)62/h1-2,4-11,13-14,25-26,40,57H,3,12,15-24,27-28H2,(H,53,61)(H,54,55)(H,56,60,62). The highest BCUT2D eigenvalue weighted by atomic mass is 35.5. The molecule has 2 aliphatic rings. The minimum atomic E-state index is -4.51. The Balaban J connectivity index is 0.686. The molecule has 21 heteroatoms. The SMILES string of the molecule is O=C(COc1ccc2c(c1)CN(C1CCC(=O)NC1=O)C2=O)NCCOCCOCCOCCOc1ccc(CCc2c(-c3ccc(C(F)(F)F)cc3)[nH]n(-c3nc4ccc(Cl)cc4[nH]3)c2=O)cc1. The van der Waals surface area contributed by atoms with Gasteiger partial charge in [0.2, 0.25) is 17.8 Å². The first-order valence-electron chi connectivity index (χ1n) is 22.1. The van der Waals surface area contributed by atoms with E-state index in [2.05, 4.69) is 25.7 Å². The minimum absolute atomic E-state index is 0.168. The van der Waals surface area contributed by atoms with E-state index in [1.54, 1.807) is 36.4 Å². The number of nitrogens with one attached hydrogen (secondary N) is 4. The molecule has 0 saturated carbocycles. The van der Waals surface area contributed by atoms with E-state index in [4.69, 9.17) is 35.3 Å². The van der Waals surface area contributed by atoms with Crippen LogP contribution in [0.5, 0.6) is 11.5 Å². The predicted molar refractivity (Wildman–Crippen MR) is 244 cm³/mol. The molecule has 1 unspecified atom stereocenters. The van der Waals surface area contributed by atoms with Gasteiger partial charge in [-0.05, 0) is 96.6 Å². The number of amides is 4. The lowest BCUT2D eigenvalue weighted by atomic mass is 10.0. The van der Waals surface area contributed by atoms with E-state index >= 15 is 0 Å². The van der Waals surface area contributed by atoms with Gasteiger partial charge < -0.3 is 38.9 Å². The molecule has 0 radical (unpaired) electrons. The number of aromatic nitrogens is 4. The van der Waals surface area contributed by atoms with Gasteiger partial charge >= 0.3 is 6.18 Å². The number of fused-ring (bicyclic) bond motifs is 2. The molecule has 4 N–H and O–H groups in total. The number of alkyl halides is 3. The topological polar surface area (TPSA) is 208 Å². The van der Waals surface area contributed by atoms with E-state index < -0.39 is 29.2 Å². The van der Waals surface area contributed by atoms with Crippen LogP contribution in [0.4, 0.5) is 13.2 Å². The number of aryl methyl sites for hydroxylation is 1. The van der Waals surface area contributed by atoms with Crippen LogP contribution in [0.1, 0.15) is 45.5 Å². The third kappa shape index (κ3) is 12.2. The molecular weight excluding hydrogens is 927 g/mol. The van der Waals surface area contributed by atoms with E-state index in [1.165, 1.54) is 21.7 Å². The van der Waals surface area contributed by atoms with Gasteiger partial charge in [-0.2, -0.15) is 17.9 Å². The zero-order valence-corrected chi connectivity index (χ0v) is 37.8. The Kier molecular flexibility index (Phi) is 15.4. The second kappa shape index (κ2) is 22.0. The Labute approximate surface area is 397 Å². The molecule has 8 rings (SSSR count). The number of hydrogen-bond donors (Lipinski definition) is 4. The molecule has 1 fully saturated rings. The Hall–Kier alpha value is -7.00. The number of carbonyl (C=O) groups is 4. The third-order valence-electron chi connectivity index (χ3n) is 11.4. The number of ether oxygens (including phenoxy) is 5. The smallest absolute Gasteiger partial charge is 0.416 e. The first-order valence-corrected chi connectivity index (χ1v) is 22.5. The first-order chi connectivity index (χ1) is 33.3. The summed E-state index contributed by atoms with van der Waals surface area (Å²) in [6, 6.07) is 21.2. The van der Waals surface area contributed by atoms with Crippen molar-refractivity contribution in [3.63, 3.8) is 0 Å². The molecule has 1 atom stereocenters. The number of imide groups is 1. The van der Waals surface area contributed by atoms with Crippen molar-refractivity contribution >= 4 is 46.3 Å². The molecule has 4 aromatic carbocycles. The molecule has 2 aromatic heterocycles. The number of benzene rings is 4. The van der Waals surface area contributed by atoms with Crippen LogP contribution >= 0.6 is 11.6 Å². The maximum absolute atomic E-state index is 13.8. The molecule has 1 saturated heterocycles. The summed E-state index contributed by atoms with van der Waals surface area (Å²) in [4.78, 5) is 71.8. The van der Waals surface area contributed by atoms with Gasteiger partial charge in [0.15, 0.2) is 6.61 Å². The van der Waals surface area contributed by atoms with E-state index in [0.717, 1.165) is 17.7 Å². The van der Waals surface area contributed by atoms with Crippen LogP contribution in [0, 0.1) is 0 Å². The van der Waals surface area contributed by atoms with Crippen molar-refractivity contribution in [3.8, 4) is 28.7 Å². The van der Waals surface area contributed by atoms with Gasteiger partial charge in [0.1, 0.15) is 24.1 Å². The lowest BCUT2D eigenvalue weighted by Gasteiger charge is -2.29. The maximum atomic E-state index is 13.8. The zero-order valence-electron chi connectivity index (χ0n) is 37.0. The van der Waals surface area contributed by atoms with Gasteiger partial charge in [-0.15, -0.1) is 0 Å². The van der Waals surface area contributed by atoms with Crippen molar-refractivity contribution < 1.29 is 56.0 Å². The highest BCUT2D eigenvalue weighted by Gasteiger charge is 2.39. The van der Waals surface area contributed by atoms with Gasteiger partial charge in [-0.25, -0.2) is 4.98 Å². The lowest BCUT2D eigenvalue weighted by molar-refractivity contribution is -0.138. The van der Waals surface area contributed by atoms with Crippen LogP contribution in [0.3, 0.4) is 0 Å². The predicted octanol–water partition coefficient (Wildman–Crippen LogP) is 5.55. The van der Waals surface area contributed by atoms with Crippen LogP contribution in [0.2, 0.25) is 5.02 Å². The molecule has 0 bridgehead atoms. The van der Waals surface area contributed by atoms with Crippen molar-refractivity contribution in [3.05, 3.63) is 128 Å². The summed E-state index contributed by atoms with van der Waals surface area (Å²) in [7, 11) is 0. The Morgan fingerprint density at radius 2 is 1.52 bits per heavy atom. The number of rotatable bonds is 22. The first kappa shape index (κ1) is 48.5. The summed E-state index contributed by atoms with van der Waals surface area (Å²) >= 11 is 6.14. The third-order valence-corrected chi connectivity index (χ3v) is 11.6. The molecule has 362 valence electrons. The van der Waals surface area contributed by atoms with E-state index in [9.17, 15) is 37.1 Å². The molecule has 4 amide bonds. The molecule has 0 aliphatic carbocycles. The number of halogens is 4. The van der Waals surface area contributed by atoms with Crippen LogP contribution in [0.25, 0.3) is 28.2 Å². The molecule has 2 aliphatic heterocycles. The van der Waals surface area contributed by atoms with Crippen LogP contribution in [-0.2, 0) is 54.2 Å². The summed E-state index contributed by atoms with van der Waals surface area (Å²) in [6.45, 7) is 2.46. The summed E-state index contributed by atoms with van der Waals surface area (Å²) in [6.07, 6.45) is -3.33. The Morgan fingerprint density at radius 3 is 2.25 bits per heavy atom. The largest absolute Gasteiger partial charge is 0.491 e. The molecule has 6 aromatic rings. The molecular formula is C48H47ClF3N7O10. The van der Waals surface area contributed by atoms with Gasteiger partial charge in [-0.1, -0.05) is 35.9 Å². The number of nitrogens with zero attached hydrogens (tertiary/aromatic N) is 3. The van der Waals surface area contributed by atoms with Crippen molar-refractivity contribution in [2.75, 3.05) is 59.4 Å². The van der Waals surface area contributed by atoms with Crippen molar-refractivity contribution in [2.45, 2.75) is 44.4 Å². The summed E-state index contributed by atoms with van der Waals surface area (Å²) in [5, 5.41) is 8.54. The highest BCUT2D eigenvalue weighted by Crippen LogP contribution is 2.33. The molecule has 17 nitrogen and oxygen atoms in total. The fourth-order valence-electron chi connectivity index (χ4n) is 7.88. The number of aromatic amines is 2. The molecule has 0 spiro atoms. The summed E-state index contributed by atoms with van der Waals surface area (Å²) < 4.78 is 69.3. The quantitative estimate of drug-likeness (QED) is 0.0490. The average molecular weight is 974 g/mol. The van der Waals surface area contributed by atoms with E-state index in [0.29, 0.717) is 102 Å². The van der Waals surface area contributed by atoms with Crippen LogP contribution in [-0.4, -0.2) is 114 Å². The lowest BCUT2D eigenvalue weighted by Crippen LogP contribution is -2.52. The van der Waals surface area contributed by atoms with Crippen LogP contribution < -0.4 is 25.7 Å². The Bertz CT molecular complexity index is 2870. The summed E-state index contributed by atoms with van der Waals surface area (Å²) in [5.41, 5.74) is 3.22. The number of carbonyl (C=O) groups excluding carboxylic acids is 4. The fraction of sp³-hybridized carbons (Fsp3) is 0.333. The van der Waals surface area contributed by atoms with Crippen molar-refractivity contribution in [1.29, 1.82) is 0 Å². The highest BCUT2D eigenvalue weighted by molar-refractivity contribution is 6.31. The van der Waals surface area contributed by atoms with Crippen molar-refractivity contribution in [2.24, 2.45) is 0 Å². The molecule has 69 heavy (non-hydrogen) atoms. The second-order valence-electron chi connectivity index (χ2n) is 16.1. The number of hydrogen-bond acceptors (Lipinski definition) is 11. The van der Waals surface area contributed by atoms with E-state index in [1.807, 2.05) is 24.3 Å². The van der Waals surface area contributed by atoms with E-state index in [-0.39, 0.29) is 69.2 Å². The van der Waals surface area contributed by atoms with Gasteiger partial charge in [0.25, 0.3) is 17.4 Å². The van der Waals surface area contributed by atoms with Gasteiger partial charge in [0, 0.05) is 35.7 Å². The Morgan fingerprint density at radius 1 is 0.812 bits per heavy atom. The van der Waals surface area contributed by atoms with Gasteiger partial charge in [0.05, 0.1) is 61.9 Å². The number of imidazole rings is 1. The fourth-order valence-corrected chi connectivity index (χ4v) is 8.05. The number of piperidine rings is 1. The monoisotopic (exact) mass is 973 g/mol. The second-order valence-corrected chi connectivity index (χ2v) is 16.5. The minimum Gasteiger partial charge on any atom is -0.491 e.